The number of nitrogens with zero attached hydrogens (tertiary/aromatic N) is 2. The van der Waals surface area contributed by atoms with Gasteiger partial charge >= 0.3 is 0 Å². The van der Waals surface area contributed by atoms with Gasteiger partial charge in [0.15, 0.2) is 0 Å². The van der Waals surface area contributed by atoms with E-state index in [-0.39, 0.29) is 17.0 Å². The van der Waals surface area contributed by atoms with Gasteiger partial charge in [0.05, 0.1) is 12.5 Å². The molecule has 110 valence electrons. The zero-order valence-corrected chi connectivity index (χ0v) is 12.2. The molecule has 0 unspecified atom stereocenters. The van der Waals surface area contributed by atoms with Crippen LogP contribution in [0.15, 0.2) is 6.07 Å². The van der Waals surface area contributed by atoms with Crippen LogP contribution < -0.4 is 15.8 Å². The van der Waals surface area contributed by atoms with E-state index in [2.05, 4.69) is 15.3 Å². The number of hydrogen-bond donors (Lipinski definition) is 2. The average Bonchev–Trinajstić information content (AvgIpc) is 2.47. The van der Waals surface area contributed by atoms with Crippen molar-refractivity contribution in [2.75, 3.05) is 19.0 Å². The molecular formula is C13H19ClN4O2. The lowest BCUT2D eigenvalue weighted by atomic mass is 9.73. The van der Waals surface area contributed by atoms with Crippen molar-refractivity contribution in [1.82, 2.24) is 9.97 Å². The van der Waals surface area contributed by atoms with Crippen molar-refractivity contribution < 1.29 is 9.53 Å². The van der Waals surface area contributed by atoms with Gasteiger partial charge in [-0.3, -0.25) is 10.1 Å². The molecule has 1 aliphatic carbocycles. The topological polar surface area (TPSA) is 90.1 Å². The highest BCUT2D eigenvalue weighted by Gasteiger charge is 2.38. The first-order chi connectivity index (χ1) is 9.59. The van der Waals surface area contributed by atoms with Crippen LogP contribution in [0.4, 0.5) is 5.95 Å². The zero-order chi connectivity index (χ0) is 14.6. The number of nitrogens with one attached hydrogen (secondary N) is 1. The molecule has 6 nitrogen and oxygen atoms in total. The minimum absolute atomic E-state index is 0.135. The maximum Gasteiger partial charge on any atom is 0.234 e. The Kier molecular flexibility index (Phi) is 4.77. The molecule has 0 radical (unpaired) electrons. The Bertz CT molecular complexity index is 489. The summed E-state index contributed by atoms with van der Waals surface area (Å²) in [5.41, 5.74) is 5.31. The van der Waals surface area contributed by atoms with E-state index in [0.29, 0.717) is 12.4 Å². The number of ether oxygens (including phenoxy) is 1. The molecule has 1 aromatic heterocycles. The van der Waals surface area contributed by atoms with E-state index in [1.54, 1.807) is 0 Å². The van der Waals surface area contributed by atoms with E-state index in [1.165, 1.54) is 13.2 Å². The molecule has 1 heterocycles. The molecule has 0 atom stereocenters. The zero-order valence-electron chi connectivity index (χ0n) is 11.5. The fourth-order valence-corrected chi connectivity index (χ4v) is 2.72. The Hall–Kier alpha value is -1.40. The second-order valence-corrected chi connectivity index (χ2v) is 5.44. The summed E-state index contributed by atoms with van der Waals surface area (Å²) in [7, 11) is 1.48. The molecule has 1 fully saturated rings. The van der Waals surface area contributed by atoms with E-state index < -0.39 is 5.41 Å². The summed E-state index contributed by atoms with van der Waals surface area (Å²) in [6.07, 6.45) is 4.78. The van der Waals surface area contributed by atoms with Crippen molar-refractivity contribution in [3.05, 3.63) is 11.2 Å². The number of anilines is 1. The lowest BCUT2D eigenvalue weighted by Crippen LogP contribution is -2.44. The Morgan fingerprint density at radius 2 is 2.15 bits per heavy atom. The van der Waals surface area contributed by atoms with Crippen LogP contribution in [0.2, 0.25) is 5.15 Å². The Morgan fingerprint density at radius 3 is 2.75 bits per heavy atom. The number of rotatable bonds is 4. The molecule has 1 saturated carbocycles. The molecule has 7 heteroatoms. The van der Waals surface area contributed by atoms with Crippen LogP contribution >= 0.6 is 11.6 Å². The quantitative estimate of drug-likeness (QED) is 0.830. The first-order valence-electron chi connectivity index (χ1n) is 6.70. The Balaban J connectivity index is 2.15. The van der Waals surface area contributed by atoms with Crippen LogP contribution in [-0.2, 0) is 4.79 Å². The Morgan fingerprint density at radius 1 is 1.45 bits per heavy atom. The average molecular weight is 299 g/mol. The van der Waals surface area contributed by atoms with E-state index in [0.717, 1.165) is 32.1 Å². The first-order valence-corrected chi connectivity index (χ1v) is 7.07. The van der Waals surface area contributed by atoms with Gasteiger partial charge in [-0.25, -0.2) is 4.98 Å². The van der Waals surface area contributed by atoms with Gasteiger partial charge in [0.25, 0.3) is 0 Å². The molecule has 0 bridgehead atoms. The van der Waals surface area contributed by atoms with Crippen molar-refractivity contribution in [2.45, 2.75) is 32.1 Å². The third kappa shape index (κ3) is 3.19. The van der Waals surface area contributed by atoms with Crippen LogP contribution in [0.1, 0.15) is 32.1 Å². The lowest BCUT2D eigenvalue weighted by Gasteiger charge is -2.34. The van der Waals surface area contributed by atoms with Gasteiger partial charge in [-0.1, -0.05) is 30.9 Å². The molecule has 2 rings (SSSR count). The third-order valence-electron chi connectivity index (χ3n) is 3.79. The highest BCUT2D eigenvalue weighted by molar-refractivity contribution is 6.29. The van der Waals surface area contributed by atoms with Crippen LogP contribution in [0.3, 0.4) is 0 Å². The minimum Gasteiger partial charge on any atom is -0.481 e. The van der Waals surface area contributed by atoms with Gasteiger partial charge in [0, 0.05) is 12.6 Å². The summed E-state index contributed by atoms with van der Waals surface area (Å²) >= 11 is 5.86. The second kappa shape index (κ2) is 6.37. The van der Waals surface area contributed by atoms with E-state index in [1.807, 2.05) is 0 Å². The molecular weight excluding hydrogens is 280 g/mol. The van der Waals surface area contributed by atoms with Gasteiger partial charge in [0.2, 0.25) is 17.7 Å². The van der Waals surface area contributed by atoms with Crippen molar-refractivity contribution >= 4 is 23.5 Å². The predicted molar refractivity (Wildman–Crippen MR) is 76.8 cm³/mol. The molecule has 0 spiro atoms. The van der Waals surface area contributed by atoms with Crippen molar-refractivity contribution in [1.29, 1.82) is 0 Å². The normalized spacial score (nSPS) is 17.6. The van der Waals surface area contributed by atoms with Crippen LogP contribution in [0.5, 0.6) is 5.88 Å². The maximum absolute atomic E-state index is 12.5. The van der Waals surface area contributed by atoms with Gasteiger partial charge < -0.3 is 10.5 Å². The molecule has 20 heavy (non-hydrogen) atoms. The highest BCUT2D eigenvalue weighted by Crippen LogP contribution is 2.36. The molecule has 3 N–H and O–H groups in total. The number of hydrogen-bond acceptors (Lipinski definition) is 5. The summed E-state index contributed by atoms with van der Waals surface area (Å²) in [4.78, 5) is 20.5. The smallest absolute Gasteiger partial charge is 0.234 e. The number of amides is 1. The van der Waals surface area contributed by atoms with Crippen LogP contribution in [0.25, 0.3) is 0 Å². The Labute approximate surface area is 123 Å². The molecule has 0 saturated heterocycles. The van der Waals surface area contributed by atoms with E-state index in [9.17, 15) is 4.79 Å². The minimum atomic E-state index is -0.517. The fourth-order valence-electron chi connectivity index (χ4n) is 2.54. The van der Waals surface area contributed by atoms with Gasteiger partial charge in [-0.05, 0) is 12.8 Å². The molecule has 1 aliphatic rings. The number of nitrogens with two attached hydrogens (primary N) is 1. The van der Waals surface area contributed by atoms with Crippen molar-refractivity contribution in [3.63, 3.8) is 0 Å². The van der Waals surface area contributed by atoms with Crippen molar-refractivity contribution in [2.24, 2.45) is 11.1 Å². The fraction of sp³-hybridized carbons (Fsp3) is 0.615. The number of halogens is 1. The number of carbonyl (C=O) groups excluding carboxylic acids is 1. The van der Waals surface area contributed by atoms with Crippen LogP contribution in [-0.4, -0.2) is 29.5 Å². The predicted octanol–water partition coefficient (Wildman–Crippen LogP) is 1.99. The summed E-state index contributed by atoms with van der Waals surface area (Å²) in [5, 5.41) is 2.93. The largest absolute Gasteiger partial charge is 0.481 e. The van der Waals surface area contributed by atoms with E-state index in [4.69, 9.17) is 22.1 Å². The van der Waals surface area contributed by atoms with Gasteiger partial charge in [-0.15, -0.1) is 0 Å². The number of carbonyl (C=O) groups is 1. The second-order valence-electron chi connectivity index (χ2n) is 5.06. The van der Waals surface area contributed by atoms with E-state index >= 15 is 0 Å². The van der Waals surface area contributed by atoms with Gasteiger partial charge in [-0.2, -0.15) is 4.98 Å². The lowest BCUT2D eigenvalue weighted by molar-refractivity contribution is -0.126. The molecule has 0 aliphatic heterocycles. The summed E-state index contributed by atoms with van der Waals surface area (Å²) in [5.74, 6) is 0.326. The molecule has 1 aromatic rings. The summed E-state index contributed by atoms with van der Waals surface area (Å²) < 4.78 is 5.00. The SMILES string of the molecule is COc1cc(Cl)nc(NC(=O)C2(CN)CCCCC2)n1. The first kappa shape index (κ1) is 15.0. The monoisotopic (exact) mass is 298 g/mol. The third-order valence-corrected chi connectivity index (χ3v) is 3.98. The number of methoxy groups -OCH3 is 1. The molecule has 1 amide bonds. The molecule has 0 aromatic carbocycles. The maximum atomic E-state index is 12.5. The summed E-state index contributed by atoms with van der Waals surface area (Å²) in [6, 6.07) is 1.48. The van der Waals surface area contributed by atoms with Gasteiger partial charge in [0.1, 0.15) is 5.15 Å². The summed E-state index contributed by atoms with van der Waals surface area (Å²) in [6.45, 7) is 0.330. The number of aromatic nitrogens is 2. The van der Waals surface area contributed by atoms with Crippen LogP contribution in [0, 0.1) is 5.41 Å². The standard InChI is InChI=1S/C13H19ClN4O2/c1-20-10-7-9(14)16-12(17-10)18-11(19)13(8-15)5-3-2-4-6-13/h7H,2-6,8,15H2,1H3,(H,16,17,18,19). The highest BCUT2D eigenvalue weighted by atomic mass is 35.5. The van der Waals surface area contributed by atoms with Crippen molar-refractivity contribution in [3.8, 4) is 5.88 Å².